The normalized spacial score (nSPS) is 18.5. The molecule has 1 amide bonds. The van der Waals surface area contributed by atoms with E-state index in [0.29, 0.717) is 23.4 Å². The average molecular weight is 366 g/mol. The molecule has 0 spiro atoms. The number of hydrogen-bond donors (Lipinski definition) is 3. The molecular formula is C20H22N4O3. The molecule has 0 fully saturated rings. The zero-order valence-corrected chi connectivity index (χ0v) is 15.0. The van der Waals surface area contributed by atoms with E-state index in [1.807, 2.05) is 48.5 Å². The van der Waals surface area contributed by atoms with Crippen molar-refractivity contribution in [3.8, 4) is 0 Å². The van der Waals surface area contributed by atoms with Crippen LogP contribution in [-0.4, -0.2) is 23.4 Å². The number of carbonyl (C=O) groups is 2. The molecule has 140 valence electrons. The number of amides is 1. The third-order valence-corrected chi connectivity index (χ3v) is 4.45. The Morgan fingerprint density at radius 3 is 2.41 bits per heavy atom. The fourth-order valence-electron chi connectivity index (χ4n) is 3.40. The highest BCUT2D eigenvalue weighted by Gasteiger charge is 2.28. The standard InChI is InChI=1S/C20H22N4O3/c1-12(25)27-17-10-13-6-2-3-7-14(13)20(24(23)11-18(21)26)19(22)16-9-5-4-8-15(16)17/h2-9,17H,10-11,22-23H2,1H3,(H2,21,26)/b20-19-. The molecule has 0 saturated heterocycles. The first-order chi connectivity index (χ1) is 12.9. The number of benzene rings is 2. The lowest BCUT2D eigenvalue weighted by Gasteiger charge is -2.30. The van der Waals surface area contributed by atoms with Gasteiger partial charge in [0.15, 0.2) is 0 Å². The van der Waals surface area contributed by atoms with Crippen molar-refractivity contribution in [3.63, 3.8) is 0 Å². The molecule has 3 rings (SSSR count). The molecule has 7 heteroatoms. The summed E-state index contributed by atoms with van der Waals surface area (Å²) >= 11 is 0. The summed E-state index contributed by atoms with van der Waals surface area (Å²) < 4.78 is 5.58. The number of carbonyl (C=O) groups excluding carboxylic acids is 2. The highest BCUT2D eigenvalue weighted by molar-refractivity contribution is 5.92. The van der Waals surface area contributed by atoms with Crippen molar-refractivity contribution in [2.75, 3.05) is 6.54 Å². The molecule has 2 aromatic rings. The minimum Gasteiger partial charge on any atom is -0.457 e. The number of primary amides is 1. The van der Waals surface area contributed by atoms with Gasteiger partial charge in [0.2, 0.25) is 5.91 Å². The smallest absolute Gasteiger partial charge is 0.303 e. The minimum absolute atomic E-state index is 0.181. The molecule has 0 aliphatic heterocycles. The van der Waals surface area contributed by atoms with Gasteiger partial charge < -0.3 is 16.2 Å². The summed E-state index contributed by atoms with van der Waals surface area (Å²) in [6.45, 7) is 1.20. The van der Waals surface area contributed by atoms with E-state index in [2.05, 4.69) is 0 Å². The van der Waals surface area contributed by atoms with Crippen LogP contribution in [0.15, 0.2) is 48.5 Å². The minimum atomic E-state index is -0.566. The second kappa shape index (κ2) is 7.51. The molecule has 0 bridgehead atoms. The Morgan fingerprint density at radius 1 is 1.11 bits per heavy atom. The van der Waals surface area contributed by atoms with Gasteiger partial charge in [0.1, 0.15) is 12.6 Å². The number of fused-ring (bicyclic) bond motifs is 2. The maximum Gasteiger partial charge on any atom is 0.303 e. The van der Waals surface area contributed by atoms with Gasteiger partial charge in [-0.15, -0.1) is 0 Å². The molecule has 1 aliphatic rings. The summed E-state index contributed by atoms with van der Waals surface area (Å²) in [7, 11) is 0. The molecule has 0 heterocycles. The first-order valence-corrected chi connectivity index (χ1v) is 8.53. The Kier molecular flexibility index (Phi) is 5.14. The highest BCUT2D eigenvalue weighted by atomic mass is 16.5. The monoisotopic (exact) mass is 366 g/mol. The van der Waals surface area contributed by atoms with E-state index in [-0.39, 0.29) is 12.5 Å². The topological polar surface area (TPSA) is 125 Å². The number of nitrogens with zero attached hydrogens (tertiary/aromatic N) is 1. The van der Waals surface area contributed by atoms with E-state index >= 15 is 0 Å². The zero-order valence-electron chi connectivity index (χ0n) is 15.0. The maximum atomic E-state index is 11.7. The van der Waals surface area contributed by atoms with Crippen LogP contribution in [0, 0.1) is 0 Å². The van der Waals surface area contributed by atoms with E-state index in [1.54, 1.807) is 0 Å². The summed E-state index contributed by atoms with van der Waals surface area (Å²) in [5.41, 5.74) is 15.9. The molecule has 1 atom stereocenters. The van der Waals surface area contributed by atoms with Crippen LogP contribution in [0.1, 0.15) is 35.3 Å². The second-order valence-corrected chi connectivity index (χ2v) is 6.40. The lowest BCUT2D eigenvalue weighted by atomic mass is 9.87. The lowest BCUT2D eigenvalue weighted by Crippen LogP contribution is -2.39. The number of esters is 1. The number of nitrogens with two attached hydrogens (primary N) is 3. The van der Waals surface area contributed by atoms with E-state index in [0.717, 1.165) is 16.7 Å². The van der Waals surface area contributed by atoms with Crippen molar-refractivity contribution in [1.29, 1.82) is 0 Å². The van der Waals surface area contributed by atoms with Gasteiger partial charge in [-0.05, 0) is 5.56 Å². The Balaban J connectivity index is 2.27. The zero-order chi connectivity index (χ0) is 19.6. The molecule has 27 heavy (non-hydrogen) atoms. The van der Waals surface area contributed by atoms with Crippen molar-refractivity contribution in [1.82, 2.24) is 5.01 Å². The molecular weight excluding hydrogens is 344 g/mol. The molecule has 6 N–H and O–H groups in total. The van der Waals surface area contributed by atoms with Crippen molar-refractivity contribution in [2.45, 2.75) is 19.4 Å². The van der Waals surface area contributed by atoms with Gasteiger partial charge in [0, 0.05) is 30.0 Å². The van der Waals surface area contributed by atoms with Crippen LogP contribution < -0.4 is 17.3 Å². The molecule has 0 saturated carbocycles. The quantitative estimate of drug-likeness (QED) is 0.425. The fourth-order valence-corrected chi connectivity index (χ4v) is 3.40. The van der Waals surface area contributed by atoms with Gasteiger partial charge >= 0.3 is 5.97 Å². The number of hydrazine groups is 1. The molecule has 7 nitrogen and oxygen atoms in total. The Bertz CT molecular complexity index is 923. The maximum absolute atomic E-state index is 11.7. The number of rotatable bonds is 4. The van der Waals surface area contributed by atoms with Crippen LogP contribution in [-0.2, 0) is 20.7 Å². The van der Waals surface area contributed by atoms with Crippen molar-refractivity contribution in [2.24, 2.45) is 17.3 Å². The van der Waals surface area contributed by atoms with Crippen LogP contribution in [0.3, 0.4) is 0 Å². The molecule has 1 aliphatic carbocycles. The largest absolute Gasteiger partial charge is 0.457 e. The Morgan fingerprint density at radius 2 is 1.74 bits per heavy atom. The van der Waals surface area contributed by atoms with Gasteiger partial charge in [-0.3, -0.25) is 14.6 Å². The molecule has 0 aromatic heterocycles. The third kappa shape index (κ3) is 3.78. The van der Waals surface area contributed by atoms with Gasteiger partial charge in [0.25, 0.3) is 0 Å². The van der Waals surface area contributed by atoms with Crippen molar-refractivity contribution >= 4 is 23.3 Å². The first-order valence-electron chi connectivity index (χ1n) is 8.53. The lowest BCUT2D eigenvalue weighted by molar-refractivity contribution is -0.146. The van der Waals surface area contributed by atoms with Crippen LogP contribution in [0.4, 0.5) is 0 Å². The summed E-state index contributed by atoms with van der Waals surface area (Å²) in [5.74, 6) is 5.22. The predicted molar refractivity (Wildman–Crippen MR) is 102 cm³/mol. The summed E-state index contributed by atoms with van der Waals surface area (Å²) in [4.78, 5) is 23.1. The average Bonchev–Trinajstić information content (AvgIpc) is 2.60. The van der Waals surface area contributed by atoms with Gasteiger partial charge in [-0.25, -0.2) is 5.84 Å². The van der Waals surface area contributed by atoms with E-state index in [4.69, 9.17) is 22.0 Å². The van der Waals surface area contributed by atoms with Crippen LogP contribution >= 0.6 is 0 Å². The fraction of sp³-hybridized carbons (Fsp3) is 0.200. The summed E-state index contributed by atoms with van der Waals surface area (Å²) in [5, 5.41) is 1.26. The molecule has 0 radical (unpaired) electrons. The molecule has 2 aromatic carbocycles. The van der Waals surface area contributed by atoms with E-state index < -0.39 is 12.0 Å². The first kappa shape index (κ1) is 18.5. The second-order valence-electron chi connectivity index (χ2n) is 6.40. The van der Waals surface area contributed by atoms with Crippen molar-refractivity contribution < 1.29 is 14.3 Å². The number of hydrogen-bond acceptors (Lipinski definition) is 6. The van der Waals surface area contributed by atoms with Gasteiger partial charge in [-0.1, -0.05) is 48.5 Å². The summed E-state index contributed by atoms with van der Waals surface area (Å²) in [6, 6.07) is 15.0. The van der Waals surface area contributed by atoms with Gasteiger partial charge in [-0.2, -0.15) is 0 Å². The SMILES string of the molecule is CC(=O)OC1Cc2ccccc2/C(N(N)CC(N)=O)=C(/N)c2ccccc21. The third-order valence-electron chi connectivity index (χ3n) is 4.45. The predicted octanol–water partition coefficient (Wildman–Crippen LogP) is 1.29. The highest BCUT2D eigenvalue weighted by Crippen LogP contribution is 2.37. The van der Waals surface area contributed by atoms with Crippen molar-refractivity contribution in [3.05, 3.63) is 70.8 Å². The van der Waals surface area contributed by atoms with Gasteiger partial charge in [0.05, 0.1) is 11.4 Å². The molecule has 1 unspecified atom stereocenters. The Hall–Kier alpha value is -3.32. The van der Waals surface area contributed by atoms with Crippen LogP contribution in [0.5, 0.6) is 0 Å². The Labute approximate surface area is 157 Å². The van der Waals surface area contributed by atoms with E-state index in [9.17, 15) is 9.59 Å². The van der Waals surface area contributed by atoms with E-state index in [1.165, 1.54) is 11.9 Å². The number of ether oxygens (including phenoxy) is 1. The van der Waals surface area contributed by atoms with Crippen LogP contribution in [0.2, 0.25) is 0 Å². The summed E-state index contributed by atoms with van der Waals surface area (Å²) in [6.07, 6.45) is -0.0316. The van der Waals surface area contributed by atoms with Crippen LogP contribution in [0.25, 0.3) is 11.4 Å².